The Kier molecular flexibility index (Phi) is 4.91. The first-order chi connectivity index (χ1) is 13.5. The topological polar surface area (TPSA) is 77.8 Å². The lowest BCUT2D eigenvalue weighted by atomic mass is 10.2. The molecule has 0 bridgehead atoms. The number of amidine groups is 1. The van der Waals surface area contributed by atoms with Gasteiger partial charge in [-0.25, -0.2) is 23.7 Å². The molecule has 6 nitrogen and oxygen atoms in total. The molecule has 142 valence electrons. The Balaban J connectivity index is 1.83. The fraction of sp³-hybridized carbons (Fsp3) is 0.105. The fourth-order valence-corrected chi connectivity index (χ4v) is 3.24. The van der Waals surface area contributed by atoms with Crippen LogP contribution in [0.1, 0.15) is 5.69 Å². The van der Waals surface area contributed by atoms with Crippen molar-refractivity contribution in [1.29, 1.82) is 0 Å². The number of benzene rings is 2. The smallest absolute Gasteiger partial charge is 0.181 e. The van der Waals surface area contributed by atoms with Crippen molar-refractivity contribution in [3.05, 3.63) is 64.4 Å². The molecule has 2 heterocycles. The van der Waals surface area contributed by atoms with Crippen LogP contribution in [0.2, 0.25) is 0 Å². The van der Waals surface area contributed by atoms with Gasteiger partial charge in [0.05, 0.1) is 18.4 Å². The first-order valence-electron chi connectivity index (χ1n) is 8.33. The van der Waals surface area contributed by atoms with Crippen LogP contribution in [0.15, 0.2) is 57.1 Å². The molecule has 0 radical (unpaired) electrons. The van der Waals surface area contributed by atoms with E-state index in [0.717, 1.165) is 28.5 Å². The highest BCUT2D eigenvalue weighted by molar-refractivity contribution is 9.10. The van der Waals surface area contributed by atoms with Gasteiger partial charge in [-0.15, -0.1) is 0 Å². The molecule has 28 heavy (non-hydrogen) atoms. The van der Waals surface area contributed by atoms with Crippen molar-refractivity contribution < 1.29 is 13.5 Å². The maximum absolute atomic E-state index is 14.0. The molecule has 0 atom stereocenters. The normalized spacial score (nSPS) is 13.8. The predicted molar refractivity (Wildman–Crippen MR) is 106 cm³/mol. The third-order valence-corrected chi connectivity index (χ3v) is 4.60. The van der Waals surface area contributed by atoms with E-state index in [1.165, 1.54) is 6.07 Å². The van der Waals surface area contributed by atoms with Crippen molar-refractivity contribution in [2.45, 2.75) is 6.54 Å². The van der Waals surface area contributed by atoms with Crippen LogP contribution in [0.4, 0.5) is 14.5 Å². The highest BCUT2D eigenvalue weighted by Crippen LogP contribution is 2.34. The quantitative estimate of drug-likeness (QED) is 0.477. The minimum Gasteiger partial charge on any atom is -0.491 e. The molecular weight excluding hydrogens is 432 g/mol. The molecule has 0 amide bonds. The number of nitrogens with zero attached hydrogens (tertiary/aromatic N) is 4. The van der Waals surface area contributed by atoms with Gasteiger partial charge < -0.3 is 15.0 Å². The van der Waals surface area contributed by atoms with Gasteiger partial charge >= 0.3 is 0 Å². The lowest BCUT2D eigenvalue weighted by Gasteiger charge is -2.06. The summed E-state index contributed by atoms with van der Waals surface area (Å²) < 4.78 is 35.7. The summed E-state index contributed by atoms with van der Waals surface area (Å²) in [5, 5.41) is 0. The SMILES string of the molecule is NC=NC(=Nc1ccc(F)cc1F)c1cn2c(n1)-c1cc(Br)ccc1OCC2. The van der Waals surface area contributed by atoms with Crippen molar-refractivity contribution in [3.63, 3.8) is 0 Å². The van der Waals surface area contributed by atoms with Gasteiger partial charge in [-0.2, -0.15) is 0 Å². The van der Waals surface area contributed by atoms with E-state index in [-0.39, 0.29) is 11.5 Å². The standard InChI is InChI=1S/C19H14BrF2N5O/c20-11-1-4-17-13(7-11)19-26-16(9-27(19)5-6-28-17)18(24-10-23)25-15-3-2-12(21)8-14(15)22/h1-4,7-10H,5-6H2,(H2,23,24,25). The van der Waals surface area contributed by atoms with Gasteiger partial charge in [0.1, 0.15) is 35.4 Å². The van der Waals surface area contributed by atoms with Crippen LogP contribution < -0.4 is 10.5 Å². The minimum atomic E-state index is -0.798. The third-order valence-electron chi connectivity index (χ3n) is 4.11. The molecule has 3 aromatic rings. The largest absolute Gasteiger partial charge is 0.491 e. The van der Waals surface area contributed by atoms with Gasteiger partial charge in [-0.05, 0) is 30.3 Å². The maximum Gasteiger partial charge on any atom is 0.181 e. The van der Waals surface area contributed by atoms with Gasteiger partial charge in [-0.3, -0.25) is 0 Å². The van der Waals surface area contributed by atoms with Crippen molar-refractivity contribution >= 4 is 33.8 Å². The highest BCUT2D eigenvalue weighted by atomic mass is 79.9. The average Bonchev–Trinajstić information content (AvgIpc) is 3.01. The van der Waals surface area contributed by atoms with Crippen LogP contribution in [-0.4, -0.2) is 28.3 Å². The molecule has 0 fully saturated rings. The Bertz CT molecular complexity index is 1110. The maximum atomic E-state index is 14.0. The number of imidazole rings is 1. The molecule has 2 aromatic carbocycles. The molecule has 9 heteroatoms. The van der Waals surface area contributed by atoms with E-state index in [0.29, 0.717) is 30.4 Å². The average molecular weight is 446 g/mol. The Morgan fingerprint density at radius 3 is 2.89 bits per heavy atom. The summed E-state index contributed by atoms with van der Waals surface area (Å²) in [6.07, 6.45) is 2.81. The van der Waals surface area contributed by atoms with Gasteiger partial charge in [0.15, 0.2) is 11.7 Å². The van der Waals surface area contributed by atoms with Crippen molar-refractivity contribution in [2.24, 2.45) is 15.7 Å². The van der Waals surface area contributed by atoms with E-state index in [1.54, 1.807) is 6.20 Å². The summed E-state index contributed by atoms with van der Waals surface area (Å²) in [5.74, 6) is 0.0169. The number of rotatable bonds is 2. The Hall–Kier alpha value is -3.07. The van der Waals surface area contributed by atoms with Crippen LogP contribution >= 0.6 is 15.9 Å². The summed E-state index contributed by atoms with van der Waals surface area (Å²) in [6, 6.07) is 8.78. The fourth-order valence-electron chi connectivity index (χ4n) is 2.87. The number of ether oxygens (including phenoxy) is 1. The number of aliphatic imine (C=N–C) groups is 2. The second kappa shape index (κ2) is 7.51. The molecule has 0 saturated carbocycles. The highest BCUT2D eigenvalue weighted by Gasteiger charge is 2.20. The number of halogens is 3. The van der Waals surface area contributed by atoms with Crippen molar-refractivity contribution in [2.75, 3.05) is 6.61 Å². The second-order valence-corrected chi connectivity index (χ2v) is 6.86. The number of hydrogen-bond acceptors (Lipinski definition) is 3. The summed E-state index contributed by atoms with van der Waals surface area (Å²) in [7, 11) is 0. The van der Waals surface area contributed by atoms with E-state index in [1.807, 2.05) is 22.8 Å². The molecule has 4 rings (SSSR count). The minimum absolute atomic E-state index is 0.0586. The number of aromatic nitrogens is 2. The second-order valence-electron chi connectivity index (χ2n) is 5.94. The van der Waals surface area contributed by atoms with E-state index in [9.17, 15) is 8.78 Å². The zero-order valence-electron chi connectivity index (χ0n) is 14.4. The molecule has 0 unspecified atom stereocenters. The van der Waals surface area contributed by atoms with Gasteiger partial charge in [0, 0.05) is 16.7 Å². The van der Waals surface area contributed by atoms with Crippen LogP contribution in [0.3, 0.4) is 0 Å². The Morgan fingerprint density at radius 1 is 1.25 bits per heavy atom. The molecule has 1 aromatic heterocycles. The summed E-state index contributed by atoms with van der Waals surface area (Å²) >= 11 is 3.46. The van der Waals surface area contributed by atoms with E-state index in [2.05, 4.69) is 30.9 Å². The molecule has 0 spiro atoms. The number of fused-ring (bicyclic) bond motifs is 3. The molecule has 0 saturated heterocycles. The summed E-state index contributed by atoms with van der Waals surface area (Å²) in [5.41, 5.74) is 6.60. The summed E-state index contributed by atoms with van der Waals surface area (Å²) in [4.78, 5) is 12.8. The Labute approximate surface area is 167 Å². The first kappa shape index (κ1) is 18.3. The van der Waals surface area contributed by atoms with Crippen molar-refractivity contribution in [1.82, 2.24) is 9.55 Å². The molecule has 1 aliphatic rings. The van der Waals surface area contributed by atoms with E-state index in [4.69, 9.17) is 10.5 Å². The zero-order chi connectivity index (χ0) is 19.7. The molecule has 1 aliphatic heterocycles. The third kappa shape index (κ3) is 3.53. The first-order valence-corrected chi connectivity index (χ1v) is 9.13. The van der Waals surface area contributed by atoms with Crippen molar-refractivity contribution in [3.8, 4) is 17.1 Å². The van der Waals surface area contributed by atoms with Gasteiger partial charge in [0.2, 0.25) is 0 Å². The van der Waals surface area contributed by atoms with E-state index < -0.39 is 11.6 Å². The Morgan fingerprint density at radius 2 is 2.11 bits per heavy atom. The number of nitrogens with two attached hydrogens (primary N) is 1. The van der Waals surface area contributed by atoms with Gasteiger partial charge in [-0.1, -0.05) is 15.9 Å². The van der Waals surface area contributed by atoms with Crippen LogP contribution in [-0.2, 0) is 6.54 Å². The lowest BCUT2D eigenvalue weighted by molar-refractivity contribution is 0.306. The molecule has 0 aliphatic carbocycles. The van der Waals surface area contributed by atoms with Crippen LogP contribution in [0, 0.1) is 11.6 Å². The summed E-state index contributed by atoms with van der Waals surface area (Å²) in [6.45, 7) is 1.04. The lowest BCUT2D eigenvalue weighted by Crippen LogP contribution is -2.05. The van der Waals surface area contributed by atoms with Gasteiger partial charge in [0.25, 0.3) is 0 Å². The zero-order valence-corrected chi connectivity index (χ0v) is 16.0. The van der Waals surface area contributed by atoms with Crippen LogP contribution in [0.25, 0.3) is 11.4 Å². The predicted octanol–water partition coefficient (Wildman–Crippen LogP) is 4.05. The van der Waals surface area contributed by atoms with E-state index >= 15 is 0 Å². The monoisotopic (exact) mass is 445 g/mol. The molecule has 2 N–H and O–H groups in total. The van der Waals surface area contributed by atoms with Crippen LogP contribution in [0.5, 0.6) is 5.75 Å². The molecular formula is C19H14BrF2N5O. The number of hydrogen-bond donors (Lipinski definition) is 1.